The van der Waals surface area contributed by atoms with Crippen LogP contribution in [0.4, 0.5) is 0 Å². The second-order valence-electron chi connectivity index (χ2n) is 21.6. The van der Waals surface area contributed by atoms with Crippen LogP contribution in [-0.2, 0) is 28.6 Å². The van der Waals surface area contributed by atoms with E-state index < -0.39 is 6.10 Å². The third-order valence-electron chi connectivity index (χ3n) is 14.1. The summed E-state index contributed by atoms with van der Waals surface area (Å²) in [5.41, 5.74) is 0. The Labute approximate surface area is 471 Å². The Morgan fingerprint density at radius 3 is 0.842 bits per heavy atom. The molecule has 6 heteroatoms. The summed E-state index contributed by atoms with van der Waals surface area (Å²) in [5.74, 6) is -0.949. The predicted molar refractivity (Wildman–Crippen MR) is 330 cm³/mol. The van der Waals surface area contributed by atoms with Gasteiger partial charge in [-0.3, -0.25) is 14.4 Å². The van der Waals surface area contributed by atoms with Gasteiger partial charge in [-0.15, -0.1) is 0 Å². The van der Waals surface area contributed by atoms with E-state index in [0.29, 0.717) is 19.3 Å². The van der Waals surface area contributed by atoms with Crippen molar-refractivity contribution in [1.82, 2.24) is 0 Å². The molecule has 0 aliphatic heterocycles. The van der Waals surface area contributed by atoms with E-state index in [4.69, 9.17) is 14.2 Å². The van der Waals surface area contributed by atoms with Crippen molar-refractivity contribution >= 4 is 17.9 Å². The van der Waals surface area contributed by atoms with Crippen LogP contribution in [0.2, 0.25) is 0 Å². The number of allylic oxidation sites excluding steroid dienone is 14. The van der Waals surface area contributed by atoms with Gasteiger partial charge in [0.2, 0.25) is 0 Å². The molecule has 0 saturated carbocycles. The highest BCUT2D eigenvalue weighted by atomic mass is 16.6. The van der Waals surface area contributed by atoms with Gasteiger partial charge in [0.25, 0.3) is 0 Å². The molecule has 438 valence electrons. The molecule has 0 aromatic heterocycles. The van der Waals surface area contributed by atoms with Crippen LogP contribution in [0.15, 0.2) is 85.1 Å². The number of hydrogen-bond donors (Lipinski definition) is 0. The Hall–Kier alpha value is -3.41. The normalized spacial score (nSPS) is 12.6. The first-order chi connectivity index (χ1) is 37.5. The van der Waals surface area contributed by atoms with Crippen LogP contribution in [0.5, 0.6) is 0 Å². The van der Waals surface area contributed by atoms with Gasteiger partial charge in [-0.25, -0.2) is 0 Å². The van der Waals surface area contributed by atoms with Crippen LogP contribution >= 0.6 is 0 Å². The lowest BCUT2D eigenvalue weighted by Crippen LogP contribution is -2.30. The molecule has 1 atom stereocenters. The van der Waals surface area contributed by atoms with E-state index in [-0.39, 0.29) is 37.5 Å². The number of esters is 3. The van der Waals surface area contributed by atoms with Gasteiger partial charge in [0.1, 0.15) is 13.2 Å². The third kappa shape index (κ3) is 61.4. The minimum Gasteiger partial charge on any atom is -0.462 e. The average molecular weight is 1060 g/mol. The van der Waals surface area contributed by atoms with Gasteiger partial charge in [-0.05, 0) is 89.9 Å². The van der Waals surface area contributed by atoms with Crippen molar-refractivity contribution in [2.45, 2.75) is 329 Å². The van der Waals surface area contributed by atoms with Gasteiger partial charge in [-0.1, -0.05) is 298 Å². The maximum absolute atomic E-state index is 12.8. The summed E-state index contributed by atoms with van der Waals surface area (Å²) in [7, 11) is 0. The molecule has 0 rings (SSSR count). The van der Waals surface area contributed by atoms with E-state index in [1.54, 1.807) is 0 Å². The molecule has 0 spiro atoms. The second kappa shape index (κ2) is 64.1. The van der Waals surface area contributed by atoms with Crippen molar-refractivity contribution in [3.8, 4) is 0 Å². The highest BCUT2D eigenvalue weighted by Gasteiger charge is 2.19. The topological polar surface area (TPSA) is 78.9 Å². The largest absolute Gasteiger partial charge is 0.462 e. The Balaban J connectivity index is 4.07. The minimum atomic E-state index is -0.802. The fourth-order valence-electron chi connectivity index (χ4n) is 9.28. The first-order valence-corrected chi connectivity index (χ1v) is 32.6. The van der Waals surface area contributed by atoms with Crippen LogP contribution in [0, 0.1) is 0 Å². The molecular weight excluding hydrogens is 937 g/mol. The Kier molecular flexibility index (Phi) is 61.2. The number of carbonyl (C=O) groups is 3. The number of hydrogen-bond acceptors (Lipinski definition) is 6. The smallest absolute Gasteiger partial charge is 0.306 e. The molecule has 0 heterocycles. The molecule has 0 amide bonds. The summed E-state index contributed by atoms with van der Waals surface area (Å²) in [4.78, 5) is 38.0. The number of carbonyl (C=O) groups excluding carboxylic acids is 3. The van der Waals surface area contributed by atoms with Gasteiger partial charge in [0.05, 0.1) is 0 Å². The van der Waals surface area contributed by atoms with Crippen molar-refractivity contribution in [3.63, 3.8) is 0 Å². The van der Waals surface area contributed by atoms with Crippen LogP contribution < -0.4 is 0 Å². The molecule has 0 aromatic rings. The van der Waals surface area contributed by atoms with Crippen LogP contribution in [0.1, 0.15) is 323 Å². The average Bonchev–Trinajstić information content (AvgIpc) is 3.42. The Morgan fingerprint density at radius 2 is 0.526 bits per heavy atom. The van der Waals surface area contributed by atoms with E-state index in [0.717, 1.165) is 83.5 Å². The fraction of sp³-hybridized carbons (Fsp3) is 0.757. The first-order valence-electron chi connectivity index (χ1n) is 32.6. The summed E-state index contributed by atoms with van der Waals surface area (Å²) in [6.07, 6.45) is 85.0. The summed E-state index contributed by atoms with van der Waals surface area (Å²) < 4.78 is 16.8. The lowest BCUT2D eigenvalue weighted by molar-refractivity contribution is -0.167. The van der Waals surface area contributed by atoms with Crippen molar-refractivity contribution in [1.29, 1.82) is 0 Å². The van der Waals surface area contributed by atoms with E-state index >= 15 is 0 Å². The molecule has 1 unspecified atom stereocenters. The van der Waals surface area contributed by atoms with Gasteiger partial charge in [-0.2, -0.15) is 0 Å². The molecule has 0 saturated heterocycles. The summed E-state index contributed by atoms with van der Waals surface area (Å²) in [6, 6.07) is 0. The zero-order chi connectivity index (χ0) is 55.0. The SMILES string of the molecule is CC/C=C\C/C=C\C/C=C\C/C=C\C/C=C\CCCC(=O)OC(COC(=O)CCCCCCCCCC)COC(=O)CCCCCCCCCCCCCCCCCCCCCCC/C=C\C/C=C\CCCCCCC. The molecule has 0 bridgehead atoms. The lowest BCUT2D eigenvalue weighted by atomic mass is 10.0. The highest BCUT2D eigenvalue weighted by Crippen LogP contribution is 2.17. The quantitative estimate of drug-likeness (QED) is 0.0261. The molecule has 0 fully saturated rings. The molecule has 0 aromatic carbocycles. The molecule has 76 heavy (non-hydrogen) atoms. The minimum absolute atomic E-state index is 0.0956. The molecule has 0 aliphatic rings. The number of unbranched alkanes of at least 4 members (excludes halogenated alkanes) is 34. The molecule has 6 nitrogen and oxygen atoms in total. The van der Waals surface area contributed by atoms with Crippen LogP contribution in [-0.4, -0.2) is 37.2 Å². The zero-order valence-corrected chi connectivity index (χ0v) is 50.3. The summed E-state index contributed by atoms with van der Waals surface area (Å²) >= 11 is 0. The maximum Gasteiger partial charge on any atom is 0.306 e. The molecular formula is C70H122O6. The van der Waals surface area contributed by atoms with Gasteiger partial charge in [0.15, 0.2) is 6.10 Å². The van der Waals surface area contributed by atoms with Crippen molar-refractivity contribution < 1.29 is 28.6 Å². The Bertz CT molecular complexity index is 1450. The highest BCUT2D eigenvalue weighted by molar-refractivity contribution is 5.71. The van der Waals surface area contributed by atoms with Gasteiger partial charge >= 0.3 is 17.9 Å². The van der Waals surface area contributed by atoms with Crippen molar-refractivity contribution in [3.05, 3.63) is 85.1 Å². The summed E-state index contributed by atoms with van der Waals surface area (Å²) in [5, 5.41) is 0. The van der Waals surface area contributed by atoms with Crippen LogP contribution in [0.25, 0.3) is 0 Å². The van der Waals surface area contributed by atoms with Crippen LogP contribution in [0.3, 0.4) is 0 Å². The van der Waals surface area contributed by atoms with Gasteiger partial charge in [0, 0.05) is 19.3 Å². The standard InChI is InChI=1S/C70H122O6/c1-4-7-10-13-16-19-21-23-25-27-28-29-30-31-32-33-34-35-36-37-38-39-40-41-42-44-45-47-49-51-54-57-60-63-69(72)75-66-67(65-74-68(71)62-59-56-53-18-15-12-9-6-3)76-70(73)64-61-58-55-52-50-48-46-43-26-24-22-20-17-14-11-8-5-2/h8,11,17,20-21,23-24,26-28,46,48,52,55,67H,4-7,9-10,12-16,18-19,22,25,29-45,47,49-51,53-54,56-66H2,1-3H3/b11-8-,20-17-,23-21-,26-24-,28-27-,48-46-,55-52-. The number of rotatable bonds is 59. The zero-order valence-electron chi connectivity index (χ0n) is 50.3. The van der Waals surface area contributed by atoms with E-state index in [1.165, 1.54) is 193 Å². The third-order valence-corrected chi connectivity index (χ3v) is 14.1. The van der Waals surface area contributed by atoms with E-state index in [9.17, 15) is 14.4 Å². The monoisotopic (exact) mass is 1060 g/mol. The molecule has 0 N–H and O–H groups in total. The predicted octanol–water partition coefficient (Wildman–Crippen LogP) is 22.3. The number of ether oxygens (including phenoxy) is 3. The van der Waals surface area contributed by atoms with E-state index in [1.807, 2.05) is 0 Å². The van der Waals surface area contributed by atoms with Crippen molar-refractivity contribution in [2.75, 3.05) is 13.2 Å². The lowest BCUT2D eigenvalue weighted by Gasteiger charge is -2.18. The molecule has 0 radical (unpaired) electrons. The maximum atomic E-state index is 12.8. The molecule has 0 aliphatic carbocycles. The van der Waals surface area contributed by atoms with E-state index in [2.05, 4.69) is 106 Å². The second-order valence-corrected chi connectivity index (χ2v) is 21.6. The Morgan fingerprint density at radius 1 is 0.276 bits per heavy atom. The van der Waals surface area contributed by atoms with Gasteiger partial charge < -0.3 is 14.2 Å². The van der Waals surface area contributed by atoms with Crippen molar-refractivity contribution in [2.24, 2.45) is 0 Å². The fourth-order valence-corrected chi connectivity index (χ4v) is 9.28. The summed E-state index contributed by atoms with van der Waals surface area (Å²) in [6.45, 7) is 6.46. The first kappa shape index (κ1) is 72.6.